The smallest absolute Gasteiger partial charge is 0.435 e. The molecular weight excluding hydrogens is 403 g/mol. The molecule has 2 rings (SSSR count). The molecule has 8 nitrogen and oxygen atoms in total. The third kappa shape index (κ3) is 5.09. The van der Waals surface area contributed by atoms with Crippen LogP contribution in [0.4, 0.5) is 18.2 Å². The third-order valence-electron chi connectivity index (χ3n) is 3.61. The highest BCUT2D eigenvalue weighted by Crippen LogP contribution is 2.32. The van der Waals surface area contributed by atoms with Gasteiger partial charge in [0.05, 0.1) is 12.7 Å². The lowest BCUT2D eigenvalue weighted by atomic mass is 10.1. The number of methoxy groups -OCH3 is 1. The molecule has 0 radical (unpaired) electrons. The van der Waals surface area contributed by atoms with Gasteiger partial charge in [-0.25, -0.2) is 4.79 Å². The molecule has 12 heteroatoms. The van der Waals surface area contributed by atoms with Gasteiger partial charge in [0.25, 0.3) is 5.91 Å². The molecule has 0 atom stereocenters. The first-order valence-electron chi connectivity index (χ1n) is 7.77. The molecule has 0 saturated heterocycles. The molecule has 0 aromatic carbocycles. The van der Waals surface area contributed by atoms with Crippen molar-refractivity contribution in [3.05, 3.63) is 34.0 Å². The number of rotatable bonds is 6. The van der Waals surface area contributed by atoms with Crippen LogP contribution < -0.4 is 5.32 Å². The van der Waals surface area contributed by atoms with Crippen molar-refractivity contribution < 1.29 is 37.0 Å². The normalized spacial score (nSPS) is 11.2. The zero-order valence-electron chi connectivity index (χ0n) is 15.0. The molecule has 2 heterocycles. The summed E-state index contributed by atoms with van der Waals surface area (Å²) in [7, 11) is 1.21. The van der Waals surface area contributed by atoms with Crippen LogP contribution in [-0.4, -0.2) is 41.3 Å². The van der Waals surface area contributed by atoms with E-state index in [4.69, 9.17) is 4.74 Å². The lowest BCUT2D eigenvalue weighted by molar-refractivity contribution is -0.148. The fourth-order valence-electron chi connectivity index (χ4n) is 2.15. The first-order valence-corrected chi connectivity index (χ1v) is 8.59. The SMILES string of the molecule is COC(=O)c1c(NC(=O)COC(=O)Cn2ccc(C(F)(F)F)n2)sc(C)c1C. The van der Waals surface area contributed by atoms with Crippen molar-refractivity contribution in [2.45, 2.75) is 26.6 Å². The predicted molar refractivity (Wildman–Crippen MR) is 92.0 cm³/mol. The van der Waals surface area contributed by atoms with E-state index in [1.807, 2.05) is 0 Å². The molecule has 28 heavy (non-hydrogen) atoms. The topological polar surface area (TPSA) is 99.5 Å². The van der Waals surface area contributed by atoms with Crippen LogP contribution in [0.25, 0.3) is 0 Å². The average molecular weight is 419 g/mol. The molecule has 0 aliphatic heterocycles. The van der Waals surface area contributed by atoms with Crippen LogP contribution in [-0.2, 0) is 31.8 Å². The molecule has 0 saturated carbocycles. The number of esters is 2. The minimum absolute atomic E-state index is 0.209. The molecule has 0 bridgehead atoms. The summed E-state index contributed by atoms with van der Waals surface area (Å²) in [4.78, 5) is 36.3. The Morgan fingerprint density at radius 2 is 1.96 bits per heavy atom. The van der Waals surface area contributed by atoms with E-state index in [9.17, 15) is 27.6 Å². The number of carbonyl (C=O) groups excluding carboxylic acids is 3. The fourth-order valence-corrected chi connectivity index (χ4v) is 3.22. The van der Waals surface area contributed by atoms with Crippen LogP contribution >= 0.6 is 11.3 Å². The monoisotopic (exact) mass is 419 g/mol. The quantitative estimate of drug-likeness (QED) is 0.723. The summed E-state index contributed by atoms with van der Waals surface area (Å²) in [6, 6.07) is 0.718. The second kappa shape index (κ2) is 8.42. The molecule has 1 N–H and O–H groups in total. The summed E-state index contributed by atoms with van der Waals surface area (Å²) in [5.41, 5.74) is -0.277. The van der Waals surface area contributed by atoms with Crippen molar-refractivity contribution in [1.82, 2.24) is 9.78 Å². The van der Waals surface area contributed by atoms with Crippen LogP contribution in [0.5, 0.6) is 0 Å². The van der Waals surface area contributed by atoms with Gasteiger partial charge in [0.15, 0.2) is 12.3 Å². The van der Waals surface area contributed by atoms with E-state index in [1.54, 1.807) is 13.8 Å². The van der Waals surface area contributed by atoms with Crippen molar-refractivity contribution in [3.8, 4) is 0 Å². The number of aryl methyl sites for hydroxylation is 1. The van der Waals surface area contributed by atoms with E-state index in [-0.39, 0.29) is 10.6 Å². The Morgan fingerprint density at radius 3 is 2.54 bits per heavy atom. The number of amides is 1. The largest absolute Gasteiger partial charge is 0.465 e. The average Bonchev–Trinajstić information content (AvgIpc) is 3.18. The zero-order valence-corrected chi connectivity index (χ0v) is 15.9. The maximum Gasteiger partial charge on any atom is 0.435 e. The van der Waals surface area contributed by atoms with Crippen LogP contribution in [0, 0.1) is 13.8 Å². The molecule has 0 aliphatic rings. The number of aromatic nitrogens is 2. The van der Waals surface area contributed by atoms with Crippen molar-refractivity contribution in [3.63, 3.8) is 0 Å². The lowest BCUT2D eigenvalue weighted by Gasteiger charge is -2.07. The van der Waals surface area contributed by atoms with E-state index in [0.29, 0.717) is 5.56 Å². The minimum atomic E-state index is -4.62. The molecule has 2 aromatic rings. The van der Waals surface area contributed by atoms with E-state index < -0.39 is 42.9 Å². The standard InChI is InChI=1S/C16H16F3N3O5S/c1-8-9(2)28-14(13(8)15(25)26-3)20-11(23)7-27-12(24)6-22-5-4-10(21-22)16(17,18)19/h4-5H,6-7H2,1-3H3,(H,20,23). The van der Waals surface area contributed by atoms with Gasteiger partial charge >= 0.3 is 18.1 Å². The van der Waals surface area contributed by atoms with Crippen LogP contribution in [0.2, 0.25) is 0 Å². The van der Waals surface area contributed by atoms with Gasteiger partial charge in [-0.2, -0.15) is 18.3 Å². The summed E-state index contributed by atoms with van der Waals surface area (Å²) in [5.74, 6) is -2.27. The Hall–Kier alpha value is -2.89. The van der Waals surface area contributed by atoms with E-state index in [1.165, 1.54) is 7.11 Å². The molecule has 152 valence electrons. The summed E-state index contributed by atoms with van der Waals surface area (Å²) in [5, 5.41) is 5.93. The van der Waals surface area contributed by atoms with Crippen LogP contribution in [0.3, 0.4) is 0 Å². The molecular formula is C16H16F3N3O5S. The van der Waals surface area contributed by atoms with E-state index in [2.05, 4.69) is 15.2 Å². The second-order valence-corrected chi connectivity index (χ2v) is 6.81. The predicted octanol–water partition coefficient (Wildman–Crippen LogP) is 2.55. The number of anilines is 1. The highest BCUT2D eigenvalue weighted by molar-refractivity contribution is 7.16. The number of hydrogen-bond donors (Lipinski definition) is 1. The molecule has 0 fully saturated rings. The van der Waals surface area contributed by atoms with Gasteiger partial charge in [-0.05, 0) is 25.5 Å². The van der Waals surface area contributed by atoms with Gasteiger partial charge in [-0.1, -0.05) is 0 Å². The number of ether oxygens (including phenoxy) is 2. The number of nitrogens with one attached hydrogen (secondary N) is 1. The highest BCUT2D eigenvalue weighted by atomic mass is 32.1. The number of alkyl halides is 3. The highest BCUT2D eigenvalue weighted by Gasteiger charge is 2.33. The number of halogens is 3. The lowest BCUT2D eigenvalue weighted by Crippen LogP contribution is -2.23. The molecule has 2 aromatic heterocycles. The number of nitrogens with zero attached hydrogens (tertiary/aromatic N) is 2. The van der Waals surface area contributed by atoms with Crippen molar-refractivity contribution in [2.75, 3.05) is 19.0 Å². The van der Waals surface area contributed by atoms with Gasteiger partial charge < -0.3 is 14.8 Å². The number of hydrogen-bond acceptors (Lipinski definition) is 7. The summed E-state index contributed by atoms with van der Waals surface area (Å²) >= 11 is 1.16. The summed E-state index contributed by atoms with van der Waals surface area (Å²) in [6.45, 7) is 2.20. The second-order valence-electron chi connectivity index (χ2n) is 5.58. The van der Waals surface area contributed by atoms with Crippen molar-refractivity contribution in [1.29, 1.82) is 0 Å². The van der Waals surface area contributed by atoms with Gasteiger partial charge in [0, 0.05) is 11.1 Å². The van der Waals surface area contributed by atoms with Crippen LogP contribution in [0.15, 0.2) is 12.3 Å². The Bertz CT molecular complexity index is 904. The van der Waals surface area contributed by atoms with Gasteiger partial charge in [0.1, 0.15) is 11.5 Å². The zero-order chi connectivity index (χ0) is 21.1. The van der Waals surface area contributed by atoms with Crippen molar-refractivity contribution >= 4 is 34.2 Å². The summed E-state index contributed by atoms with van der Waals surface area (Å²) < 4.78 is 47.6. The fraction of sp³-hybridized carbons (Fsp3) is 0.375. The summed E-state index contributed by atoms with van der Waals surface area (Å²) in [6.07, 6.45) is -3.65. The third-order valence-corrected chi connectivity index (χ3v) is 4.74. The molecule has 0 spiro atoms. The molecule has 0 unspecified atom stereocenters. The van der Waals surface area contributed by atoms with Gasteiger partial charge in [0.2, 0.25) is 0 Å². The van der Waals surface area contributed by atoms with E-state index in [0.717, 1.165) is 33.2 Å². The van der Waals surface area contributed by atoms with Crippen LogP contribution in [0.1, 0.15) is 26.5 Å². The number of thiophene rings is 1. The molecule has 1 amide bonds. The van der Waals surface area contributed by atoms with E-state index >= 15 is 0 Å². The maximum absolute atomic E-state index is 12.5. The van der Waals surface area contributed by atoms with Gasteiger partial charge in [-0.3, -0.25) is 14.3 Å². The Morgan fingerprint density at radius 1 is 1.29 bits per heavy atom. The first kappa shape index (κ1) is 21.4. The molecule has 0 aliphatic carbocycles. The Kier molecular flexibility index (Phi) is 6.44. The Balaban J connectivity index is 1.92. The van der Waals surface area contributed by atoms with Crippen molar-refractivity contribution in [2.24, 2.45) is 0 Å². The Labute approximate surface area is 161 Å². The first-order chi connectivity index (χ1) is 13.0. The van der Waals surface area contributed by atoms with Gasteiger partial charge in [-0.15, -0.1) is 11.3 Å². The minimum Gasteiger partial charge on any atom is -0.465 e. The maximum atomic E-state index is 12.5. The number of carbonyl (C=O) groups is 3.